The molecule has 0 N–H and O–H groups in total. The predicted octanol–water partition coefficient (Wildman–Crippen LogP) is 1.47. The monoisotopic (exact) mass is 235 g/mol. The van der Waals surface area contributed by atoms with Crippen LogP contribution in [0.1, 0.15) is 33.6 Å². The van der Waals surface area contributed by atoms with Gasteiger partial charge < -0.3 is 9.47 Å². The Morgan fingerprint density at radius 1 is 1.59 bits per heavy atom. The van der Waals surface area contributed by atoms with E-state index in [-0.39, 0.29) is 17.0 Å². The van der Waals surface area contributed by atoms with Gasteiger partial charge in [-0.15, -0.1) is 0 Å². The number of aromatic nitrogens is 1. The van der Waals surface area contributed by atoms with Crippen LogP contribution in [0, 0.1) is 5.92 Å². The fourth-order valence-corrected chi connectivity index (χ4v) is 1.45. The highest BCUT2D eigenvalue weighted by Gasteiger charge is 2.25. The lowest BCUT2D eigenvalue weighted by molar-refractivity contribution is 0.0592. The summed E-state index contributed by atoms with van der Waals surface area (Å²) in [5.74, 6) is 0.113. The van der Waals surface area contributed by atoms with Crippen LogP contribution in [0.3, 0.4) is 0 Å². The van der Waals surface area contributed by atoms with Gasteiger partial charge in [-0.05, 0) is 24.8 Å². The van der Waals surface area contributed by atoms with Crippen molar-refractivity contribution in [2.75, 3.05) is 13.7 Å². The van der Waals surface area contributed by atoms with Gasteiger partial charge in [0, 0.05) is 11.8 Å². The van der Waals surface area contributed by atoms with Gasteiger partial charge in [-0.1, -0.05) is 0 Å². The molecule has 1 aliphatic rings. The van der Waals surface area contributed by atoms with Crippen molar-refractivity contribution in [3.8, 4) is 5.88 Å². The Labute approximate surface area is 98.7 Å². The normalized spacial score (nSPS) is 14.2. The molecule has 1 aromatic rings. The summed E-state index contributed by atoms with van der Waals surface area (Å²) in [4.78, 5) is 26.4. The quantitative estimate of drug-likeness (QED) is 0.571. The second-order valence-electron chi connectivity index (χ2n) is 3.94. The summed E-state index contributed by atoms with van der Waals surface area (Å²) >= 11 is 0. The summed E-state index contributed by atoms with van der Waals surface area (Å²) in [6.07, 6.45) is 4.32. The van der Waals surface area contributed by atoms with Gasteiger partial charge in [-0.2, -0.15) is 0 Å². The van der Waals surface area contributed by atoms with Crippen molar-refractivity contribution < 1.29 is 19.1 Å². The van der Waals surface area contributed by atoms with E-state index in [4.69, 9.17) is 4.74 Å². The third-order valence-electron chi connectivity index (χ3n) is 2.62. The molecule has 0 saturated heterocycles. The first-order valence-corrected chi connectivity index (χ1v) is 5.41. The molecule has 5 nitrogen and oxygen atoms in total. The molecule has 1 fully saturated rings. The standard InChI is InChI=1S/C12H13NO4/c1-16-12(15)10-9(6-14)4-5-13-11(10)17-7-8-2-3-8/h4-6,8H,2-3,7H2,1H3. The van der Waals surface area contributed by atoms with Crippen molar-refractivity contribution in [1.82, 2.24) is 4.98 Å². The fourth-order valence-electron chi connectivity index (χ4n) is 1.45. The number of carbonyl (C=O) groups excluding carboxylic acids is 2. The molecule has 1 aromatic heterocycles. The number of ether oxygens (including phenoxy) is 2. The lowest BCUT2D eigenvalue weighted by Gasteiger charge is -2.09. The summed E-state index contributed by atoms with van der Waals surface area (Å²) in [5.41, 5.74) is 0.336. The van der Waals surface area contributed by atoms with E-state index >= 15 is 0 Å². The zero-order valence-corrected chi connectivity index (χ0v) is 9.51. The van der Waals surface area contributed by atoms with E-state index in [2.05, 4.69) is 9.72 Å². The Hall–Kier alpha value is -1.91. The van der Waals surface area contributed by atoms with Crippen molar-refractivity contribution >= 4 is 12.3 Å². The van der Waals surface area contributed by atoms with Gasteiger partial charge in [0.05, 0.1) is 13.7 Å². The third kappa shape index (κ3) is 2.61. The van der Waals surface area contributed by atoms with Crippen LogP contribution in [0.2, 0.25) is 0 Å². The number of rotatable bonds is 5. The maximum absolute atomic E-state index is 11.6. The molecular formula is C12H13NO4. The van der Waals surface area contributed by atoms with Crippen molar-refractivity contribution in [2.45, 2.75) is 12.8 Å². The molecule has 1 saturated carbocycles. The van der Waals surface area contributed by atoms with Crippen LogP contribution in [-0.4, -0.2) is 31.0 Å². The Kier molecular flexibility index (Phi) is 3.37. The maximum atomic E-state index is 11.6. The topological polar surface area (TPSA) is 65.5 Å². The van der Waals surface area contributed by atoms with Crippen LogP contribution in [0.25, 0.3) is 0 Å². The molecule has 1 heterocycles. The lowest BCUT2D eigenvalue weighted by Crippen LogP contribution is -2.11. The van der Waals surface area contributed by atoms with Crippen LogP contribution in [0.5, 0.6) is 5.88 Å². The van der Waals surface area contributed by atoms with Crippen LogP contribution in [0.15, 0.2) is 12.3 Å². The lowest BCUT2D eigenvalue weighted by atomic mass is 10.1. The molecule has 0 radical (unpaired) electrons. The number of methoxy groups -OCH3 is 1. The molecular weight excluding hydrogens is 222 g/mol. The number of hydrogen-bond acceptors (Lipinski definition) is 5. The summed E-state index contributed by atoms with van der Waals surface area (Å²) in [6, 6.07) is 1.46. The number of hydrogen-bond donors (Lipinski definition) is 0. The Morgan fingerprint density at radius 3 is 2.94 bits per heavy atom. The molecule has 2 rings (SSSR count). The average Bonchev–Trinajstić information content (AvgIpc) is 3.18. The van der Waals surface area contributed by atoms with Gasteiger partial charge in [0.15, 0.2) is 6.29 Å². The minimum atomic E-state index is -0.606. The summed E-state index contributed by atoms with van der Waals surface area (Å²) in [7, 11) is 1.26. The van der Waals surface area contributed by atoms with Crippen LogP contribution >= 0.6 is 0 Å². The summed E-state index contributed by atoms with van der Waals surface area (Å²) in [5, 5.41) is 0. The van der Waals surface area contributed by atoms with Crippen molar-refractivity contribution in [3.63, 3.8) is 0 Å². The molecule has 1 aliphatic carbocycles. The van der Waals surface area contributed by atoms with E-state index in [1.165, 1.54) is 19.4 Å². The SMILES string of the molecule is COC(=O)c1c(C=O)ccnc1OCC1CC1. The van der Waals surface area contributed by atoms with Crippen molar-refractivity contribution in [1.29, 1.82) is 0 Å². The molecule has 0 bridgehead atoms. The van der Waals surface area contributed by atoms with E-state index in [9.17, 15) is 9.59 Å². The summed E-state index contributed by atoms with van der Waals surface area (Å²) < 4.78 is 10.1. The van der Waals surface area contributed by atoms with E-state index in [1.807, 2.05) is 0 Å². The first-order chi connectivity index (χ1) is 8.26. The fraction of sp³-hybridized carbons (Fsp3) is 0.417. The van der Waals surface area contributed by atoms with E-state index < -0.39 is 5.97 Å². The van der Waals surface area contributed by atoms with E-state index in [0.717, 1.165) is 12.8 Å². The van der Waals surface area contributed by atoms with Crippen molar-refractivity contribution in [2.24, 2.45) is 5.92 Å². The molecule has 90 valence electrons. The first kappa shape index (κ1) is 11.6. The number of nitrogens with zero attached hydrogens (tertiary/aromatic N) is 1. The van der Waals surface area contributed by atoms with Crippen LogP contribution in [0.4, 0.5) is 0 Å². The zero-order valence-electron chi connectivity index (χ0n) is 9.51. The molecule has 0 atom stereocenters. The molecule has 17 heavy (non-hydrogen) atoms. The Morgan fingerprint density at radius 2 is 2.35 bits per heavy atom. The van der Waals surface area contributed by atoms with Gasteiger partial charge in [-0.25, -0.2) is 9.78 Å². The van der Waals surface area contributed by atoms with Crippen molar-refractivity contribution in [3.05, 3.63) is 23.4 Å². The number of aldehydes is 1. The molecule has 0 aromatic carbocycles. The van der Waals surface area contributed by atoms with Gasteiger partial charge in [0.1, 0.15) is 5.56 Å². The van der Waals surface area contributed by atoms with E-state index in [0.29, 0.717) is 18.8 Å². The van der Waals surface area contributed by atoms with Crippen LogP contribution < -0.4 is 4.74 Å². The minimum absolute atomic E-state index is 0.102. The predicted molar refractivity (Wildman–Crippen MR) is 59.2 cm³/mol. The third-order valence-corrected chi connectivity index (χ3v) is 2.62. The molecule has 0 spiro atoms. The summed E-state index contributed by atoms with van der Waals surface area (Å²) in [6.45, 7) is 0.527. The highest BCUT2D eigenvalue weighted by molar-refractivity contribution is 6.00. The molecule has 0 unspecified atom stereocenters. The second kappa shape index (κ2) is 4.95. The van der Waals surface area contributed by atoms with Gasteiger partial charge in [0.25, 0.3) is 0 Å². The smallest absolute Gasteiger partial charge is 0.344 e. The Balaban J connectivity index is 2.27. The minimum Gasteiger partial charge on any atom is -0.477 e. The maximum Gasteiger partial charge on any atom is 0.344 e. The van der Waals surface area contributed by atoms with E-state index in [1.54, 1.807) is 0 Å². The highest BCUT2D eigenvalue weighted by Crippen LogP contribution is 2.30. The van der Waals surface area contributed by atoms with Gasteiger partial charge >= 0.3 is 5.97 Å². The highest BCUT2D eigenvalue weighted by atomic mass is 16.5. The second-order valence-corrected chi connectivity index (χ2v) is 3.94. The van der Waals surface area contributed by atoms with Gasteiger partial charge in [0.2, 0.25) is 5.88 Å². The van der Waals surface area contributed by atoms with Gasteiger partial charge in [-0.3, -0.25) is 4.79 Å². The van der Waals surface area contributed by atoms with Crippen LogP contribution in [-0.2, 0) is 4.74 Å². The number of esters is 1. The average molecular weight is 235 g/mol. The molecule has 0 aliphatic heterocycles. The number of pyridine rings is 1. The Bertz CT molecular complexity index is 440. The number of carbonyl (C=O) groups is 2. The largest absolute Gasteiger partial charge is 0.477 e. The zero-order chi connectivity index (χ0) is 12.3. The molecule has 5 heteroatoms. The first-order valence-electron chi connectivity index (χ1n) is 5.41. The molecule has 0 amide bonds.